The lowest BCUT2D eigenvalue weighted by Crippen LogP contribution is -3.12. The number of ketones is 4. The van der Waals surface area contributed by atoms with Gasteiger partial charge < -0.3 is 24.4 Å². The molecule has 1 aromatic carbocycles. The third kappa shape index (κ3) is 7.97. The van der Waals surface area contributed by atoms with Crippen molar-refractivity contribution < 1.29 is 43.1 Å². The van der Waals surface area contributed by atoms with Crippen molar-refractivity contribution in [3.63, 3.8) is 0 Å². The molecule has 40 heavy (non-hydrogen) atoms. The first-order valence-corrected chi connectivity index (χ1v) is 14.2. The highest BCUT2D eigenvalue weighted by molar-refractivity contribution is 5.95. The number of nitrogens with one attached hydrogen (secondary N) is 2. The van der Waals surface area contributed by atoms with E-state index in [9.17, 15) is 24.0 Å². The van der Waals surface area contributed by atoms with Crippen LogP contribution in [0.25, 0.3) is 0 Å². The van der Waals surface area contributed by atoms with Crippen LogP contribution in [-0.4, -0.2) is 74.7 Å². The molecule has 0 spiro atoms. The van der Waals surface area contributed by atoms with Crippen molar-refractivity contribution >= 4 is 29.0 Å². The lowest BCUT2D eigenvalue weighted by Gasteiger charge is -2.44. The monoisotopic (exact) mass is 559 g/mol. The fourth-order valence-electron chi connectivity index (χ4n) is 5.97. The number of Topliss-reactive ketones (excluding diaryl/α,β-unsaturated/α-hetero) is 4. The second-order valence-electron chi connectivity index (χ2n) is 11.0. The van der Waals surface area contributed by atoms with Gasteiger partial charge in [0.15, 0.2) is 11.5 Å². The molecule has 2 saturated heterocycles. The Morgan fingerprint density at radius 1 is 0.900 bits per heavy atom. The standard InChI is InChI=1S/C30H42N2O8/c1-18(33)16-25-26(19(2)34)27(20(3)35)28(21(4)36)30(40-25)39-23-11-10-22(17-24(23)38-5)29(37)31-12-9-15-32-13-7-6-8-14-32/h10-11,17,25-28,30H,6-9,12-16H2,1-5H3,(H,31,37)/p+1. The zero-order valence-corrected chi connectivity index (χ0v) is 24.2. The lowest BCUT2D eigenvalue weighted by atomic mass is 9.70. The summed E-state index contributed by atoms with van der Waals surface area (Å²) >= 11 is 0. The summed E-state index contributed by atoms with van der Waals surface area (Å²) in [5.41, 5.74) is 0.384. The van der Waals surface area contributed by atoms with Gasteiger partial charge in [-0.15, -0.1) is 0 Å². The Labute approximate surface area is 236 Å². The highest BCUT2D eigenvalue weighted by Gasteiger charge is 2.52. The van der Waals surface area contributed by atoms with E-state index in [-0.39, 0.29) is 47.0 Å². The summed E-state index contributed by atoms with van der Waals surface area (Å²) in [5, 5.41) is 2.95. The molecular weight excluding hydrogens is 516 g/mol. The molecule has 10 nitrogen and oxygen atoms in total. The molecule has 0 radical (unpaired) electrons. The molecule has 0 aromatic heterocycles. The molecule has 2 N–H and O–H groups in total. The van der Waals surface area contributed by atoms with Gasteiger partial charge in [-0.25, -0.2) is 0 Å². The molecule has 220 valence electrons. The van der Waals surface area contributed by atoms with Gasteiger partial charge in [0.1, 0.15) is 23.1 Å². The number of carbonyl (C=O) groups excluding carboxylic acids is 5. The largest absolute Gasteiger partial charge is 0.493 e. The minimum atomic E-state index is -1.24. The van der Waals surface area contributed by atoms with Crippen LogP contribution in [0.2, 0.25) is 0 Å². The molecule has 0 saturated carbocycles. The number of likely N-dealkylation sites (tertiary alicyclic amines) is 1. The second kappa shape index (κ2) is 14.5. The van der Waals surface area contributed by atoms with Crippen molar-refractivity contribution in [3.05, 3.63) is 23.8 Å². The van der Waals surface area contributed by atoms with Crippen LogP contribution < -0.4 is 19.7 Å². The second-order valence-corrected chi connectivity index (χ2v) is 11.0. The van der Waals surface area contributed by atoms with Gasteiger partial charge in [-0.05, 0) is 65.2 Å². The van der Waals surface area contributed by atoms with Crippen LogP contribution in [0.3, 0.4) is 0 Å². The Bertz CT molecular complexity index is 1100. The Kier molecular flexibility index (Phi) is 11.4. The quantitative estimate of drug-likeness (QED) is 0.349. The molecule has 2 fully saturated rings. The molecule has 1 amide bonds. The van der Waals surface area contributed by atoms with E-state index in [1.54, 1.807) is 23.1 Å². The summed E-state index contributed by atoms with van der Waals surface area (Å²) in [6, 6.07) is 4.68. The maximum Gasteiger partial charge on any atom is 0.251 e. The summed E-state index contributed by atoms with van der Waals surface area (Å²) in [7, 11) is 1.43. The zero-order chi connectivity index (χ0) is 29.4. The predicted molar refractivity (Wildman–Crippen MR) is 146 cm³/mol. The zero-order valence-electron chi connectivity index (χ0n) is 24.2. The number of ether oxygens (including phenoxy) is 3. The first kappa shape index (κ1) is 31.4. The molecule has 10 heteroatoms. The third-order valence-electron chi connectivity index (χ3n) is 7.90. The summed E-state index contributed by atoms with van der Waals surface area (Å²) < 4.78 is 17.6. The van der Waals surface area contributed by atoms with Crippen molar-refractivity contribution in [1.29, 1.82) is 0 Å². The number of amides is 1. The number of methoxy groups -OCH3 is 1. The number of quaternary nitrogens is 1. The molecule has 2 aliphatic heterocycles. The van der Waals surface area contributed by atoms with Gasteiger partial charge in [0.05, 0.1) is 44.7 Å². The van der Waals surface area contributed by atoms with E-state index in [4.69, 9.17) is 14.2 Å². The van der Waals surface area contributed by atoms with Gasteiger partial charge in [-0.1, -0.05) is 0 Å². The van der Waals surface area contributed by atoms with Crippen LogP contribution >= 0.6 is 0 Å². The summed E-state index contributed by atoms with van der Waals surface area (Å²) in [6.45, 7) is 9.34. The van der Waals surface area contributed by atoms with E-state index >= 15 is 0 Å². The Morgan fingerprint density at radius 3 is 2.12 bits per heavy atom. The van der Waals surface area contributed by atoms with E-state index in [0.717, 1.165) is 13.0 Å². The Balaban J connectivity index is 1.76. The third-order valence-corrected chi connectivity index (χ3v) is 7.90. The van der Waals surface area contributed by atoms with Crippen LogP contribution in [0, 0.1) is 17.8 Å². The number of benzene rings is 1. The Hall–Kier alpha value is -3.11. The Morgan fingerprint density at radius 2 is 1.55 bits per heavy atom. The molecule has 5 atom stereocenters. The van der Waals surface area contributed by atoms with Gasteiger partial charge in [0.25, 0.3) is 5.91 Å². The van der Waals surface area contributed by atoms with Crippen molar-refractivity contribution in [1.82, 2.24) is 5.32 Å². The van der Waals surface area contributed by atoms with E-state index in [2.05, 4.69) is 5.32 Å². The van der Waals surface area contributed by atoms with Crippen LogP contribution in [0.4, 0.5) is 0 Å². The van der Waals surface area contributed by atoms with Crippen LogP contribution in [0.1, 0.15) is 70.2 Å². The van der Waals surface area contributed by atoms with Gasteiger partial charge >= 0.3 is 0 Å². The van der Waals surface area contributed by atoms with Crippen molar-refractivity contribution in [3.8, 4) is 11.5 Å². The number of hydrogen-bond donors (Lipinski definition) is 2. The highest BCUT2D eigenvalue weighted by Crippen LogP contribution is 2.41. The minimum absolute atomic E-state index is 0.103. The molecule has 1 aromatic rings. The van der Waals surface area contributed by atoms with E-state index < -0.39 is 30.1 Å². The fourth-order valence-corrected chi connectivity index (χ4v) is 5.97. The lowest BCUT2D eigenvalue weighted by molar-refractivity contribution is -0.904. The fraction of sp³-hybridized carbons (Fsp3) is 0.633. The van der Waals surface area contributed by atoms with Gasteiger partial charge in [-0.3, -0.25) is 24.0 Å². The van der Waals surface area contributed by atoms with Crippen LogP contribution in [0.5, 0.6) is 11.5 Å². The van der Waals surface area contributed by atoms with Crippen molar-refractivity contribution in [2.75, 3.05) is 33.3 Å². The number of hydrogen-bond acceptors (Lipinski definition) is 8. The molecular formula is C30H43N2O8+. The highest BCUT2D eigenvalue weighted by atomic mass is 16.7. The molecule has 0 bridgehead atoms. The molecule has 3 rings (SSSR count). The van der Waals surface area contributed by atoms with Gasteiger partial charge in [0.2, 0.25) is 6.29 Å². The van der Waals surface area contributed by atoms with Gasteiger partial charge in [-0.2, -0.15) is 0 Å². The smallest absolute Gasteiger partial charge is 0.251 e. The van der Waals surface area contributed by atoms with Crippen molar-refractivity contribution in [2.24, 2.45) is 17.8 Å². The van der Waals surface area contributed by atoms with E-state index in [0.29, 0.717) is 12.1 Å². The SMILES string of the molecule is COc1cc(C(=O)NCCC[NH+]2CCCCC2)ccc1OC1OC(CC(C)=O)C(C(C)=O)C(C(C)=O)C1C(C)=O. The van der Waals surface area contributed by atoms with E-state index in [1.807, 2.05) is 0 Å². The molecule has 0 aliphatic carbocycles. The predicted octanol–water partition coefficient (Wildman–Crippen LogP) is 1.58. The summed E-state index contributed by atoms with van der Waals surface area (Å²) in [6.07, 6.45) is 2.46. The normalized spacial score (nSPS) is 25.1. The molecule has 2 heterocycles. The average molecular weight is 560 g/mol. The first-order chi connectivity index (χ1) is 19.0. The molecule has 5 unspecified atom stereocenters. The van der Waals surface area contributed by atoms with Crippen molar-refractivity contribution in [2.45, 2.75) is 72.2 Å². The van der Waals surface area contributed by atoms with Crippen LogP contribution in [-0.2, 0) is 23.9 Å². The topological polar surface area (TPSA) is 130 Å². The maximum atomic E-state index is 12.8. The number of rotatable bonds is 13. The maximum absolute atomic E-state index is 12.8. The first-order valence-electron chi connectivity index (χ1n) is 14.2. The minimum Gasteiger partial charge on any atom is -0.493 e. The summed E-state index contributed by atoms with van der Waals surface area (Å²) in [4.78, 5) is 64.4. The van der Waals surface area contributed by atoms with Crippen LogP contribution in [0.15, 0.2) is 18.2 Å². The number of carbonyl (C=O) groups is 5. The van der Waals surface area contributed by atoms with E-state index in [1.165, 1.54) is 67.2 Å². The number of piperidine rings is 1. The summed E-state index contributed by atoms with van der Waals surface area (Å²) in [5.74, 6) is -4.08. The average Bonchev–Trinajstić information content (AvgIpc) is 2.90. The molecule has 2 aliphatic rings. The van der Waals surface area contributed by atoms with Gasteiger partial charge in [0, 0.05) is 30.9 Å².